The van der Waals surface area contributed by atoms with Crippen LogP contribution < -0.4 is 15.4 Å². The lowest BCUT2D eigenvalue weighted by Gasteiger charge is -2.07. The van der Waals surface area contributed by atoms with Gasteiger partial charge in [0.1, 0.15) is 6.61 Å². The van der Waals surface area contributed by atoms with Gasteiger partial charge in [-0.05, 0) is 26.1 Å². The molecule has 106 valence electrons. The third kappa shape index (κ3) is 6.73. The molecule has 0 radical (unpaired) electrons. The molecule has 6 heteroatoms. The Morgan fingerprint density at radius 2 is 2.21 bits per heavy atom. The van der Waals surface area contributed by atoms with Crippen LogP contribution in [0.5, 0.6) is 5.88 Å². The van der Waals surface area contributed by atoms with Crippen LogP contribution in [0.3, 0.4) is 0 Å². The van der Waals surface area contributed by atoms with E-state index in [4.69, 9.17) is 9.47 Å². The maximum atomic E-state index is 11.6. The molecule has 0 atom stereocenters. The second kappa shape index (κ2) is 9.29. The van der Waals surface area contributed by atoms with E-state index in [2.05, 4.69) is 15.6 Å². The molecule has 0 aromatic carbocycles. The average Bonchev–Trinajstić information content (AvgIpc) is 2.41. The Hall–Kier alpha value is -1.66. The number of hydrogen-bond donors (Lipinski definition) is 2. The molecule has 0 saturated heterocycles. The molecule has 6 nitrogen and oxygen atoms in total. The highest BCUT2D eigenvalue weighted by molar-refractivity contribution is 5.90. The van der Waals surface area contributed by atoms with Crippen LogP contribution in [-0.4, -0.2) is 44.8 Å². The maximum absolute atomic E-state index is 11.6. The van der Waals surface area contributed by atoms with Crippen molar-refractivity contribution >= 4 is 11.6 Å². The van der Waals surface area contributed by atoms with E-state index >= 15 is 0 Å². The van der Waals surface area contributed by atoms with E-state index in [1.54, 1.807) is 25.4 Å². The molecule has 0 aliphatic carbocycles. The number of rotatable bonds is 9. The number of carbonyl (C=O) groups excluding carboxylic acids is 1. The molecule has 19 heavy (non-hydrogen) atoms. The summed E-state index contributed by atoms with van der Waals surface area (Å²) in [6.45, 7) is 1.81. The fourth-order valence-corrected chi connectivity index (χ4v) is 1.42. The van der Waals surface area contributed by atoms with Gasteiger partial charge in [-0.15, -0.1) is 0 Å². The van der Waals surface area contributed by atoms with Crippen molar-refractivity contribution in [1.82, 2.24) is 10.3 Å². The molecule has 1 heterocycles. The Morgan fingerprint density at radius 3 is 2.84 bits per heavy atom. The predicted molar refractivity (Wildman–Crippen MR) is 73.4 cm³/mol. The number of aromatic nitrogens is 1. The van der Waals surface area contributed by atoms with E-state index in [0.717, 1.165) is 13.0 Å². The number of nitrogens with zero attached hydrogens (tertiary/aromatic N) is 1. The van der Waals surface area contributed by atoms with Crippen LogP contribution in [0.25, 0.3) is 0 Å². The fourth-order valence-electron chi connectivity index (χ4n) is 1.42. The lowest BCUT2D eigenvalue weighted by molar-refractivity contribution is -0.116. The normalized spacial score (nSPS) is 10.2. The highest BCUT2D eigenvalue weighted by Gasteiger charge is 2.02. The van der Waals surface area contributed by atoms with Crippen molar-refractivity contribution in [3.8, 4) is 5.88 Å². The van der Waals surface area contributed by atoms with Gasteiger partial charge < -0.3 is 20.1 Å². The van der Waals surface area contributed by atoms with Gasteiger partial charge >= 0.3 is 0 Å². The maximum Gasteiger partial charge on any atom is 0.224 e. The van der Waals surface area contributed by atoms with E-state index in [1.807, 2.05) is 7.05 Å². The Bertz CT molecular complexity index is 368. The summed E-state index contributed by atoms with van der Waals surface area (Å²) in [6, 6.07) is 3.49. The first-order chi connectivity index (χ1) is 9.26. The molecule has 0 bridgehead atoms. The third-order valence-electron chi connectivity index (χ3n) is 2.39. The van der Waals surface area contributed by atoms with Gasteiger partial charge in [0.25, 0.3) is 0 Å². The number of amides is 1. The van der Waals surface area contributed by atoms with Crippen LogP contribution in [0.4, 0.5) is 5.69 Å². The van der Waals surface area contributed by atoms with Crippen molar-refractivity contribution in [3.05, 3.63) is 18.3 Å². The molecule has 0 spiro atoms. The minimum atomic E-state index is -0.00917. The van der Waals surface area contributed by atoms with E-state index in [1.165, 1.54) is 0 Å². The molecule has 0 unspecified atom stereocenters. The molecule has 1 aromatic heterocycles. The number of anilines is 1. The summed E-state index contributed by atoms with van der Waals surface area (Å²) in [7, 11) is 3.48. The van der Waals surface area contributed by atoms with Crippen LogP contribution in [0.2, 0.25) is 0 Å². The van der Waals surface area contributed by atoms with Crippen LogP contribution >= 0.6 is 0 Å². The van der Waals surface area contributed by atoms with Gasteiger partial charge in [0.15, 0.2) is 0 Å². The number of hydrogen-bond acceptors (Lipinski definition) is 5. The predicted octanol–water partition coefficient (Wildman–Crippen LogP) is 1.04. The summed E-state index contributed by atoms with van der Waals surface area (Å²) in [4.78, 5) is 15.7. The zero-order valence-electron chi connectivity index (χ0n) is 11.4. The SMILES string of the molecule is CNCCCC(=O)Nc1ccc(OCCOC)nc1. The first-order valence-corrected chi connectivity index (χ1v) is 6.28. The number of methoxy groups -OCH3 is 1. The van der Waals surface area contributed by atoms with Crippen LogP contribution in [-0.2, 0) is 9.53 Å². The molecule has 0 aliphatic rings. The minimum absolute atomic E-state index is 0.00917. The monoisotopic (exact) mass is 267 g/mol. The average molecular weight is 267 g/mol. The van der Waals surface area contributed by atoms with E-state index in [0.29, 0.717) is 31.2 Å². The standard InChI is InChI=1S/C13H21N3O3/c1-14-7-3-4-12(17)16-11-5-6-13(15-10-11)19-9-8-18-2/h5-6,10,14H,3-4,7-9H2,1-2H3,(H,16,17). The molecule has 1 rings (SSSR count). The van der Waals surface area contributed by atoms with E-state index < -0.39 is 0 Å². The highest BCUT2D eigenvalue weighted by Crippen LogP contribution is 2.11. The Kier molecular flexibility index (Phi) is 7.53. The summed E-state index contributed by atoms with van der Waals surface area (Å²) in [6.07, 6.45) is 2.89. The third-order valence-corrected chi connectivity index (χ3v) is 2.39. The molecule has 1 aromatic rings. The topological polar surface area (TPSA) is 72.5 Å². The van der Waals surface area contributed by atoms with E-state index in [-0.39, 0.29) is 5.91 Å². The van der Waals surface area contributed by atoms with Crippen LogP contribution in [0.1, 0.15) is 12.8 Å². The second-order valence-corrected chi connectivity index (χ2v) is 3.98. The zero-order chi connectivity index (χ0) is 13.9. The van der Waals surface area contributed by atoms with Gasteiger partial charge in [-0.1, -0.05) is 0 Å². The Balaban J connectivity index is 2.32. The molecular formula is C13H21N3O3. The molecule has 0 fully saturated rings. The summed E-state index contributed by atoms with van der Waals surface area (Å²) < 4.78 is 10.2. The van der Waals surface area contributed by atoms with Gasteiger partial charge in [-0.3, -0.25) is 4.79 Å². The van der Waals surface area contributed by atoms with Crippen LogP contribution in [0.15, 0.2) is 18.3 Å². The van der Waals surface area contributed by atoms with Gasteiger partial charge in [0.05, 0.1) is 18.5 Å². The first kappa shape index (κ1) is 15.4. The van der Waals surface area contributed by atoms with Gasteiger partial charge in [-0.2, -0.15) is 0 Å². The molecule has 0 aliphatic heterocycles. The van der Waals surface area contributed by atoms with Crippen molar-refractivity contribution in [3.63, 3.8) is 0 Å². The van der Waals surface area contributed by atoms with Gasteiger partial charge in [0.2, 0.25) is 11.8 Å². The summed E-state index contributed by atoms with van der Waals surface area (Å²) in [5.74, 6) is 0.510. The molecule has 0 saturated carbocycles. The quantitative estimate of drug-likeness (QED) is 0.654. The zero-order valence-corrected chi connectivity index (χ0v) is 11.4. The molecule has 1 amide bonds. The first-order valence-electron chi connectivity index (χ1n) is 6.28. The lowest BCUT2D eigenvalue weighted by atomic mass is 10.3. The number of ether oxygens (including phenoxy) is 2. The Morgan fingerprint density at radius 1 is 1.37 bits per heavy atom. The Labute approximate surface area is 113 Å². The second-order valence-electron chi connectivity index (χ2n) is 3.98. The number of nitrogens with one attached hydrogen (secondary N) is 2. The summed E-state index contributed by atoms with van der Waals surface area (Å²) in [5.41, 5.74) is 0.675. The van der Waals surface area contributed by atoms with Crippen molar-refractivity contribution in [2.45, 2.75) is 12.8 Å². The van der Waals surface area contributed by atoms with E-state index in [9.17, 15) is 4.79 Å². The highest BCUT2D eigenvalue weighted by atomic mass is 16.5. The van der Waals surface area contributed by atoms with Gasteiger partial charge in [0, 0.05) is 19.6 Å². The fraction of sp³-hybridized carbons (Fsp3) is 0.538. The molecular weight excluding hydrogens is 246 g/mol. The summed E-state index contributed by atoms with van der Waals surface area (Å²) >= 11 is 0. The number of carbonyl (C=O) groups is 1. The lowest BCUT2D eigenvalue weighted by Crippen LogP contribution is -2.15. The van der Waals surface area contributed by atoms with Crippen molar-refractivity contribution in [2.24, 2.45) is 0 Å². The van der Waals surface area contributed by atoms with Crippen molar-refractivity contribution in [1.29, 1.82) is 0 Å². The smallest absolute Gasteiger partial charge is 0.224 e. The van der Waals surface area contributed by atoms with Crippen molar-refractivity contribution in [2.75, 3.05) is 39.2 Å². The minimum Gasteiger partial charge on any atom is -0.475 e. The van der Waals surface area contributed by atoms with Crippen LogP contribution in [0, 0.1) is 0 Å². The summed E-state index contributed by atoms with van der Waals surface area (Å²) in [5, 5.41) is 5.79. The molecule has 2 N–H and O–H groups in total. The van der Waals surface area contributed by atoms with Crippen molar-refractivity contribution < 1.29 is 14.3 Å². The largest absolute Gasteiger partial charge is 0.475 e. The van der Waals surface area contributed by atoms with Gasteiger partial charge in [-0.25, -0.2) is 4.98 Å². The number of pyridine rings is 1.